The number of hydrogen-bond acceptors (Lipinski definition) is 5. The summed E-state index contributed by atoms with van der Waals surface area (Å²) >= 11 is 6.11. The lowest BCUT2D eigenvalue weighted by Crippen LogP contribution is -2.43. The average Bonchev–Trinajstić information content (AvgIpc) is 3.14. The first-order chi connectivity index (χ1) is 17.1. The molecule has 0 aliphatic carbocycles. The second kappa shape index (κ2) is 10.5. The first kappa shape index (κ1) is 25.9. The van der Waals surface area contributed by atoms with E-state index in [2.05, 4.69) is 15.4 Å². The summed E-state index contributed by atoms with van der Waals surface area (Å²) in [7, 11) is 0.132. The number of hydrogen-bond donors (Lipinski definition) is 3. The second-order valence-corrected chi connectivity index (χ2v) is 11.2. The Morgan fingerprint density at radius 2 is 1.67 bits per heavy atom. The molecule has 1 fully saturated rings. The van der Waals surface area contributed by atoms with Crippen molar-refractivity contribution in [1.29, 1.82) is 0 Å². The van der Waals surface area contributed by atoms with Crippen molar-refractivity contribution in [2.75, 3.05) is 25.5 Å². The first-order valence-electron chi connectivity index (χ1n) is 11.7. The van der Waals surface area contributed by atoms with Gasteiger partial charge in [-0.15, -0.1) is 0 Å². The third-order valence-electron chi connectivity index (χ3n) is 6.41. The van der Waals surface area contributed by atoms with E-state index in [9.17, 15) is 18.0 Å². The van der Waals surface area contributed by atoms with E-state index in [0.29, 0.717) is 41.7 Å². The Kier molecular flexibility index (Phi) is 7.54. The van der Waals surface area contributed by atoms with Gasteiger partial charge in [-0.3, -0.25) is 10.1 Å². The highest BCUT2D eigenvalue weighted by Gasteiger charge is 2.47. The van der Waals surface area contributed by atoms with Crippen molar-refractivity contribution < 1.29 is 18.0 Å². The minimum Gasteiger partial charge on any atom is -0.377 e. The third kappa shape index (κ3) is 5.18. The number of carbonyl (C=O) groups excluding carboxylic acids is 2. The van der Waals surface area contributed by atoms with Crippen LogP contribution in [-0.2, 0) is 20.4 Å². The van der Waals surface area contributed by atoms with E-state index in [4.69, 9.17) is 11.6 Å². The van der Waals surface area contributed by atoms with Gasteiger partial charge in [0.15, 0.2) is 0 Å². The fourth-order valence-electron chi connectivity index (χ4n) is 4.63. The molecule has 0 radical (unpaired) electrons. The number of fused-ring (bicyclic) bond motifs is 1. The van der Waals surface area contributed by atoms with Crippen LogP contribution >= 0.6 is 11.6 Å². The van der Waals surface area contributed by atoms with Crippen LogP contribution in [0.4, 0.5) is 10.5 Å². The minimum absolute atomic E-state index is 0.244. The van der Waals surface area contributed by atoms with Crippen LogP contribution in [0.15, 0.2) is 65.6 Å². The summed E-state index contributed by atoms with van der Waals surface area (Å²) in [5.41, 5.74) is 0.377. The van der Waals surface area contributed by atoms with Crippen LogP contribution in [-0.4, -0.2) is 41.0 Å². The maximum Gasteiger partial charge on any atom is 0.322 e. The van der Waals surface area contributed by atoms with E-state index >= 15 is 0 Å². The zero-order valence-electron chi connectivity index (χ0n) is 20.2. The van der Waals surface area contributed by atoms with E-state index in [0.717, 1.165) is 11.1 Å². The fourth-order valence-corrected chi connectivity index (χ4v) is 6.12. The van der Waals surface area contributed by atoms with Gasteiger partial charge in [0.25, 0.3) is 5.91 Å². The van der Waals surface area contributed by atoms with Crippen molar-refractivity contribution in [3.8, 4) is 0 Å². The highest BCUT2D eigenvalue weighted by atomic mass is 35.5. The number of sulfonamides is 1. The van der Waals surface area contributed by atoms with E-state index in [1.54, 1.807) is 36.4 Å². The van der Waals surface area contributed by atoms with Gasteiger partial charge in [-0.05, 0) is 42.7 Å². The van der Waals surface area contributed by atoms with Crippen LogP contribution in [0.5, 0.6) is 0 Å². The van der Waals surface area contributed by atoms with Crippen LogP contribution < -0.4 is 20.3 Å². The molecular weight excluding hydrogens is 500 g/mol. The van der Waals surface area contributed by atoms with Gasteiger partial charge < -0.3 is 10.2 Å². The molecule has 0 saturated carbocycles. The van der Waals surface area contributed by atoms with Gasteiger partial charge in [-0.25, -0.2) is 17.9 Å². The molecule has 1 saturated heterocycles. The maximum atomic E-state index is 13.1. The summed E-state index contributed by atoms with van der Waals surface area (Å²) in [6, 6.07) is 17.2. The lowest BCUT2D eigenvalue weighted by Gasteiger charge is -2.26. The maximum absolute atomic E-state index is 13.1. The molecule has 1 aliphatic heterocycles. The molecule has 3 aromatic rings. The van der Waals surface area contributed by atoms with Gasteiger partial charge >= 0.3 is 6.03 Å². The van der Waals surface area contributed by atoms with Crippen molar-refractivity contribution in [1.82, 2.24) is 15.4 Å². The number of unbranched alkanes of at least 4 members (excludes halogenated alkanes) is 2. The number of benzene rings is 3. The molecule has 3 N–H and O–H groups in total. The van der Waals surface area contributed by atoms with E-state index in [1.165, 1.54) is 0 Å². The van der Waals surface area contributed by atoms with E-state index < -0.39 is 27.5 Å². The number of imide groups is 1. The molecule has 1 aliphatic rings. The highest BCUT2D eigenvalue weighted by Crippen LogP contribution is 2.33. The molecule has 8 nitrogen and oxygen atoms in total. The largest absolute Gasteiger partial charge is 0.377 e. The monoisotopic (exact) mass is 528 g/mol. The van der Waals surface area contributed by atoms with E-state index in [1.807, 2.05) is 43.3 Å². The van der Waals surface area contributed by atoms with Gasteiger partial charge in [0.05, 0.1) is 4.90 Å². The second-order valence-electron chi connectivity index (χ2n) is 9.06. The molecule has 190 valence electrons. The predicted octanol–water partition coefficient (Wildman–Crippen LogP) is 4.13. The van der Waals surface area contributed by atoms with Crippen molar-refractivity contribution in [2.45, 2.75) is 36.1 Å². The van der Waals surface area contributed by atoms with Crippen molar-refractivity contribution in [3.63, 3.8) is 0 Å². The van der Waals surface area contributed by atoms with Gasteiger partial charge in [0.1, 0.15) is 5.54 Å². The quantitative estimate of drug-likeness (QED) is 0.271. The Bertz CT molecular complexity index is 1410. The lowest BCUT2D eigenvalue weighted by atomic mass is 9.85. The Morgan fingerprint density at radius 1 is 0.944 bits per heavy atom. The number of amides is 3. The van der Waals surface area contributed by atoms with Gasteiger partial charge in [-0.2, -0.15) is 0 Å². The van der Waals surface area contributed by atoms with Crippen molar-refractivity contribution in [3.05, 3.63) is 71.2 Å². The molecule has 0 spiro atoms. The zero-order valence-corrected chi connectivity index (χ0v) is 21.7. The standard InChI is InChI=1S/C26H29ClN4O4S/c1-31(2)22-13-7-12-21-20(22)11-8-14-23(21)36(34,35)28-16-5-3-4-15-26(24(32)29-25(33)30-26)18-9-6-10-19(27)17-18/h6-14,17,28H,3-5,15-16H2,1-2H3,(H2,29,30,32,33). The topological polar surface area (TPSA) is 108 Å². The molecule has 4 rings (SSSR count). The minimum atomic E-state index is -3.71. The van der Waals surface area contributed by atoms with Crippen molar-refractivity contribution in [2.24, 2.45) is 0 Å². The normalized spacial score (nSPS) is 17.8. The van der Waals surface area contributed by atoms with Gasteiger partial charge in [0, 0.05) is 42.1 Å². The zero-order chi connectivity index (χ0) is 25.9. The molecule has 0 aromatic heterocycles. The Balaban J connectivity index is 1.38. The Morgan fingerprint density at radius 3 is 2.36 bits per heavy atom. The van der Waals surface area contributed by atoms with Gasteiger partial charge in [0.2, 0.25) is 10.0 Å². The summed E-state index contributed by atoms with van der Waals surface area (Å²) < 4.78 is 28.9. The molecule has 1 unspecified atom stereocenters. The van der Waals surface area contributed by atoms with Crippen LogP contribution in [0.3, 0.4) is 0 Å². The summed E-state index contributed by atoms with van der Waals surface area (Å²) in [4.78, 5) is 26.8. The smallest absolute Gasteiger partial charge is 0.322 e. The Hall–Kier alpha value is -3.14. The summed E-state index contributed by atoms with van der Waals surface area (Å²) in [5.74, 6) is -0.413. The summed E-state index contributed by atoms with van der Waals surface area (Å²) in [6.07, 6.45) is 2.21. The van der Waals surface area contributed by atoms with Gasteiger partial charge in [-0.1, -0.05) is 60.8 Å². The number of urea groups is 1. The molecule has 3 amide bonds. The number of nitrogens with one attached hydrogen (secondary N) is 3. The molecule has 0 bridgehead atoms. The fraction of sp³-hybridized carbons (Fsp3) is 0.308. The number of halogens is 1. The summed E-state index contributed by atoms with van der Waals surface area (Å²) in [6.45, 7) is 0.259. The SMILES string of the molecule is CN(C)c1cccc2c(S(=O)(=O)NCCCCCC3(c4cccc(Cl)c4)NC(=O)NC3=O)cccc12. The highest BCUT2D eigenvalue weighted by molar-refractivity contribution is 7.89. The molecular formula is C26H29ClN4O4S. The van der Waals surface area contributed by atoms with Crippen LogP contribution in [0.25, 0.3) is 10.8 Å². The van der Waals surface area contributed by atoms with Crippen LogP contribution in [0.2, 0.25) is 5.02 Å². The first-order valence-corrected chi connectivity index (χ1v) is 13.6. The number of rotatable bonds is 10. The number of anilines is 1. The molecule has 1 atom stereocenters. The average molecular weight is 529 g/mol. The van der Waals surface area contributed by atoms with Crippen LogP contribution in [0, 0.1) is 0 Å². The molecule has 10 heteroatoms. The van der Waals surface area contributed by atoms with Crippen molar-refractivity contribution >= 4 is 50.0 Å². The molecule has 1 heterocycles. The molecule has 3 aromatic carbocycles. The third-order valence-corrected chi connectivity index (χ3v) is 8.16. The summed E-state index contributed by atoms with van der Waals surface area (Å²) in [5, 5.41) is 7.08. The van der Waals surface area contributed by atoms with Crippen LogP contribution in [0.1, 0.15) is 31.2 Å². The van der Waals surface area contributed by atoms with E-state index in [-0.39, 0.29) is 11.4 Å². The predicted molar refractivity (Wildman–Crippen MR) is 142 cm³/mol. The number of nitrogens with zero attached hydrogens (tertiary/aromatic N) is 1. The Labute approximate surface area is 216 Å². The number of carbonyl (C=O) groups is 2. The lowest BCUT2D eigenvalue weighted by molar-refractivity contribution is -0.124. The molecule has 36 heavy (non-hydrogen) atoms.